The highest BCUT2D eigenvalue weighted by Crippen LogP contribution is 2.26. The lowest BCUT2D eigenvalue weighted by molar-refractivity contribution is -0.240. The average Bonchev–Trinajstić information content (AvgIpc) is 2.60. The molecule has 1 fully saturated rings. The van der Waals surface area contributed by atoms with E-state index in [4.69, 9.17) is 5.73 Å². The number of nitrogens with zero attached hydrogens (tertiary/aromatic N) is 1. The van der Waals surface area contributed by atoms with Crippen LogP contribution < -0.4 is 5.73 Å². The maximum Gasteiger partial charge on any atom is 0.492 e. The predicted molar refractivity (Wildman–Crippen MR) is 87.9 cm³/mol. The van der Waals surface area contributed by atoms with E-state index in [-0.39, 0.29) is 37.2 Å². The summed E-state index contributed by atoms with van der Waals surface area (Å²) in [7, 11) is -3.67. The number of hydroxylamine groups is 2. The zero-order valence-corrected chi connectivity index (χ0v) is 15.1. The van der Waals surface area contributed by atoms with Crippen LogP contribution in [0.5, 0.6) is 0 Å². The molecule has 1 aliphatic rings. The molecular weight excluding hydrogens is 389 g/mol. The lowest BCUT2D eigenvalue weighted by Crippen LogP contribution is -2.42. The van der Waals surface area contributed by atoms with Crippen molar-refractivity contribution in [1.29, 1.82) is 0 Å². The van der Waals surface area contributed by atoms with E-state index in [1.54, 1.807) is 12.1 Å². The van der Waals surface area contributed by atoms with E-state index in [1.165, 1.54) is 12.1 Å². The number of hydrogen-bond donors (Lipinski definition) is 1. The minimum atomic E-state index is -5.10. The zero-order chi connectivity index (χ0) is 20.2. The Morgan fingerprint density at radius 2 is 1.70 bits per heavy atom. The van der Waals surface area contributed by atoms with Crippen molar-refractivity contribution in [1.82, 2.24) is 5.06 Å². The number of hydrogen-bond acceptors (Lipinski definition) is 6. The Morgan fingerprint density at radius 3 is 2.19 bits per heavy atom. The smallest absolute Gasteiger partial charge is 0.370 e. The molecule has 150 valence electrons. The fourth-order valence-corrected chi connectivity index (χ4v) is 4.44. The molecule has 1 amide bonds. The van der Waals surface area contributed by atoms with Crippen molar-refractivity contribution in [3.63, 3.8) is 0 Å². The SMILES string of the molecule is NC(=O)CCc1ccc(S(=O)(=O)C2CCN(OC(=O)C(F)(F)F)CC2)cc1. The molecule has 1 saturated heterocycles. The molecule has 0 saturated carbocycles. The van der Waals surface area contributed by atoms with Gasteiger partial charge in [0, 0.05) is 19.5 Å². The third-order valence-electron chi connectivity index (χ3n) is 4.20. The standard InChI is InChI=1S/C16H19F3N2O5S/c17-16(18,19)15(23)26-21-9-7-13(8-10-21)27(24,25)12-4-1-11(2-5-12)3-6-14(20)22/h1-2,4-5,13H,3,6-10H2,(H2,20,22). The van der Waals surface area contributed by atoms with Crippen molar-refractivity contribution in [3.05, 3.63) is 29.8 Å². The van der Waals surface area contributed by atoms with Gasteiger partial charge >= 0.3 is 12.1 Å². The van der Waals surface area contributed by atoms with Crippen molar-refractivity contribution >= 4 is 21.7 Å². The van der Waals surface area contributed by atoms with Crippen molar-refractivity contribution in [2.45, 2.75) is 42.0 Å². The quantitative estimate of drug-likeness (QED) is 0.762. The van der Waals surface area contributed by atoms with E-state index in [9.17, 15) is 31.2 Å². The Morgan fingerprint density at radius 1 is 1.15 bits per heavy atom. The Labute approximate surface area is 154 Å². The van der Waals surface area contributed by atoms with Gasteiger partial charge in [-0.05, 0) is 37.0 Å². The van der Waals surface area contributed by atoms with Gasteiger partial charge in [0.1, 0.15) is 0 Å². The number of nitrogens with two attached hydrogens (primary N) is 1. The lowest BCUT2D eigenvalue weighted by atomic mass is 10.1. The van der Waals surface area contributed by atoms with E-state index in [0.29, 0.717) is 6.42 Å². The number of rotatable bonds is 6. The Bertz CT molecular complexity index is 785. The van der Waals surface area contributed by atoms with Gasteiger partial charge < -0.3 is 10.6 Å². The average molecular weight is 408 g/mol. The molecule has 11 heteroatoms. The molecule has 1 aromatic rings. The van der Waals surface area contributed by atoms with Gasteiger partial charge in [0.15, 0.2) is 9.84 Å². The van der Waals surface area contributed by atoms with Crippen molar-refractivity contribution in [3.8, 4) is 0 Å². The molecule has 7 nitrogen and oxygen atoms in total. The van der Waals surface area contributed by atoms with Crippen molar-refractivity contribution < 1.29 is 36.0 Å². The van der Waals surface area contributed by atoms with Gasteiger partial charge in [-0.2, -0.15) is 13.2 Å². The number of amides is 1. The highest BCUT2D eigenvalue weighted by atomic mass is 32.2. The zero-order valence-electron chi connectivity index (χ0n) is 14.2. The second kappa shape index (κ2) is 8.26. The maximum absolute atomic E-state index is 12.7. The number of aryl methyl sites for hydroxylation is 1. The van der Waals surface area contributed by atoms with Crippen LogP contribution in [-0.4, -0.2) is 49.9 Å². The molecule has 1 aromatic carbocycles. The minimum Gasteiger partial charge on any atom is -0.370 e. The Balaban J connectivity index is 1.96. The van der Waals surface area contributed by atoms with Crippen LogP contribution in [0.2, 0.25) is 0 Å². The summed E-state index contributed by atoms with van der Waals surface area (Å²) in [4.78, 5) is 25.9. The van der Waals surface area contributed by atoms with E-state index < -0.39 is 33.1 Å². The van der Waals surface area contributed by atoms with Gasteiger partial charge in [-0.25, -0.2) is 13.2 Å². The fourth-order valence-electron chi connectivity index (χ4n) is 2.71. The van der Waals surface area contributed by atoms with E-state index >= 15 is 0 Å². The topological polar surface area (TPSA) is 107 Å². The van der Waals surface area contributed by atoms with E-state index in [1.807, 2.05) is 0 Å². The molecule has 27 heavy (non-hydrogen) atoms. The fraction of sp³-hybridized carbons (Fsp3) is 0.500. The normalized spacial score (nSPS) is 16.9. The van der Waals surface area contributed by atoms with Crippen LogP contribution in [-0.2, 0) is 30.7 Å². The van der Waals surface area contributed by atoms with Crippen LogP contribution in [0.25, 0.3) is 0 Å². The first-order valence-corrected chi connectivity index (χ1v) is 9.70. The molecule has 2 N–H and O–H groups in total. The number of carbonyl (C=O) groups excluding carboxylic acids is 2. The summed E-state index contributed by atoms with van der Waals surface area (Å²) in [6.45, 7) is -0.217. The van der Waals surface area contributed by atoms with Crippen molar-refractivity contribution in [2.75, 3.05) is 13.1 Å². The van der Waals surface area contributed by atoms with Gasteiger partial charge in [0.25, 0.3) is 0 Å². The molecule has 1 heterocycles. The molecule has 0 unspecified atom stereocenters. The molecule has 0 aromatic heterocycles. The van der Waals surface area contributed by atoms with Crippen LogP contribution in [0, 0.1) is 0 Å². The van der Waals surface area contributed by atoms with Crippen LogP contribution in [0.3, 0.4) is 0 Å². The van der Waals surface area contributed by atoms with Gasteiger partial charge in [-0.3, -0.25) is 4.79 Å². The lowest BCUT2D eigenvalue weighted by Gasteiger charge is -2.30. The maximum atomic E-state index is 12.7. The van der Waals surface area contributed by atoms with E-state index in [2.05, 4.69) is 4.84 Å². The van der Waals surface area contributed by atoms with Gasteiger partial charge in [0.05, 0.1) is 10.1 Å². The summed E-state index contributed by atoms with van der Waals surface area (Å²) >= 11 is 0. The van der Waals surface area contributed by atoms with Gasteiger partial charge in [-0.15, -0.1) is 5.06 Å². The molecule has 0 radical (unpaired) electrons. The number of benzene rings is 1. The van der Waals surface area contributed by atoms with Crippen LogP contribution in [0.1, 0.15) is 24.8 Å². The van der Waals surface area contributed by atoms with Gasteiger partial charge in [-0.1, -0.05) is 12.1 Å². The monoisotopic (exact) mass is 408 g/mol. The summed E-state index contributed by atoms with van der Waals surface area (Å²) in [5.74, 6) is -2.78. The molecule has 0 aliphatic carbocycles. The van der Waals surface area contributed by atoms with Crippen LogP contribution in [0.4, 0.5) is 13.2 Å². The van der Waals surface area contributed by atoms with Crippen LogP contribution >= 0.6 is 0 Å². The molecule has 2 rings (SSSR count). The molecular formula is C16H19F3N2O5S. The summed E-state index contributed by atoms with van der Waals surface area (Å²) in [5, 5.41) is 0.0456. The number of piperidine rings is 1. The number of primary amides is 1. The van der Waals surface area contributed by atoms with Crippen molar-refractivity contribution in [2.24, 2.45) is 5.73 Å². The Hall–Kier alpha value is -2.14. The highest BCUT2D eigenvalue weighted by Gasteiger charge is 2.43. The second-order valence-electron chi connectivity index (χ2n) is 6.16. The summed E-state index contributed by atoms with van der Waals surface area (Å²) in [5.41, 5.74) is 5.83. The van der Waals surface area contributed by atoms with Crippen LogP contribution in [0.15, 0.2) is 29.2 Å². The summed E-state index contributed by atoms with van der Waals surface area (Å²) in [6, 6.07) is 6.05. The number of sulfone groups is 1. The molecule has 0 bridgehead atoms. The first-order chi connectivity index (χ1) is 12.5. The molecule has 0 atom stereocenters. The molecule has 1 aliphatic heterocycles. The number of alkyl halides is 3. The minimum absolute atomic E-state index is 0.0386. The second-order valence-corrected chi connectivity index (χ2v) is 8.39. The van der Waals surface area contributed by atoms with E-state index in [0.717, 1.165) is 10.6 Å². The third-order valence-corrected chi connectivity index (χ3v) is 6.47. The first-order valence-electron chi connectivity index (χ1n) is 8.15. The summed E-state index contributed by atoms with van der Waals surface area (Å²) < 4.78 is 61.9. The largest absolute Gasteiger partial charge is 0.492 e. The summed E-state index contributed by atoms with van der Waals surface area (Å²) in [6.07, 6.45) is -4.47. The first kappa shape index (κ1) is 21.2. The number of carbonyl (C=O) groups is 2. The number of halogens is 3. The Kier molecular flexibility index (Phi) is 6.47. The predicted octanol–water partition coefficient (Wildman–Crippen LogP) is 1.36. The highest BCUT2D eigenvalue weighted by molar-refractivity contribution is 7.92. The third kappa shape index (κ3) is 5.67. The molecule has 0 spiro atoms. The van der Waals surface area contributed by atoms with Gasteiger partial charge in [0.2, 0.25) is 5.91 Å².